The molecule has 0 radical (unpaired) electrons. The van der Waals surface area contributed by atoms with Crippen LogP contribution in [0, 0.1) is 12.7 Å². The van der Waals surface area contributed by atoms with Gasteiger partial charge in [0.05, 0.1) is 0 Å². The van der Waals surface area contributed by atoms with E-state index in [1.165, 1.54) is 23.3 Å². The Hall–Kier alpha value is -2.72. The van der Waals surface area contributed by atoms with Gasteiger partial charge in [-0.05, 0) is 48.7 Å². The van der Waals surface area contributed by atoms with Gasteiger partial charge < -0.3 is 4.52 Å². The van der Waals surface area contributed by atoms with Crippen molar-refractivity contribution in [1.29, 1.82) is 0 Å². The quantitative estimate of drug-likeness (QED) is 0.658. The Morgan fingerprint density at radius 1 is 1.04 bits per heavy atom. The fourth-order valence-electron chi connectivity index (χ4n) is 3.37. The summed E-state index contributed by atoms with van der Waals surface area (Å²) in [6, 6.07) is 16.9. The van der Waals surface area contributed by atoms with Gasteiger partial charge in [-0.2, -0.15) is 0 Å². The van der Waals surface area contributed by atoms with Gasteiger partial charge in [0, 0.05) is 30.8 Å². The summed E-state index contributed by atoms with van der Waals surface area (Å²) in [5.74, 6) is 0.470. The van der Waals surface area contributed by atoms with Gasteiger partial charge in [0.25, 0.3) is 0 Å². The van der Waals surface area contributed by atoms with Gasteiger partial charge in [0.2, 0.25) is 0 Å². The first kappa shape index (κ1) is 16.7. The summed E-state index contributed by atoms with van der Waals surface area (Å²) in [6.45, 7) is 4.68. The molecular weight excluding hydrogens is 327 g/mol. The van der Waals surface area contributed by atoms with Crippen molar-refractivity contribution in [3.8, 4) is 11.3 Å². The molecule has 4 rings (SSSR count). The number of rotatable bonds is 4. The van der Waals surface area contributed by atoms with Crippen LogP contribution in [0.25, 0.3) is 16.9 Å². The van der Waals surface area contributed by atoms with E-state index in [0.29, 0.717) is 0 Å². The molecule has 0 fully saturated rings. The van der Waals surface area contributed by atoms with E-state index in [1.807, 2.05) is 13.0 Å². The zero-order valence-corrected chi connectivity index (χ0v) is 14.8. The van der Waals surface area contributed by atoms with Crippen LogP contribution in [0.4, 0.5) is 4.39 Å². The number of benzene rings is 2. The van der Waals surface area contributed by atoms with Crippen LogP contribution < -0.4 is 0 Å². The maximum Gasteiger partial charge on any atom is 0.170 e. The predicted molar refractivity (Wildman–Crippen MR) is 101 cm³/mol. The van der Waals surface area contributed by atoms with Crippen LogP contribution in [0.3, 0.4) is 0 Å². The summed E-state index contributed by atoms with van der Waals surface area (Å²) in [7, 11) is 0. The molecule has 26 heavy (non-hydrogen) atoms. The maximum atomic E-state index is 13.1. The molecule has 1 aliphatic rings. The van der Waals surface area contributed by atoms with Gasteiger partial charge in [-0.3, -0.25) is 4.90 Å². The Kier molecular flexibility index (Phi) is 4.67. The SMILES string of the molecule is Cc1c(CN2CC=C(c3ccccc3)CC2)noc1-c1ccc(F)cc1. The minimum atomic E-state index is -0.250. The van der Waals surface area contributed by atoms with Crippen molar-refractivity contribution in [2.24, 2.45) is 0 Å². The maximum absolute atomic E-state index is 13.1. The van der Waals surface area contributed by atoms with E-state index in [2.05, 4.69) is 40.4 Å². The molecule has 4 heteroatoms. The second-order valence-electron chi connectivity index (χ2n) is 6.67. The van der Waals surface area contributed by atoms with Crippen LogP contribution in [-0.2, 0) is 6.54 Å². The van der Waals surface area contributed by atoms with Crippen molar-refractivity contribution in [3.05, 3.63) is 83.3 Å². The molecule has 3 nitrogen and oxygen atoms in total. The van der Waals surface area contributed by atoms with E-state index < -0.39 is 0 Å². The number of hydrogen-bond acceptors (Lipinski definition) is 3. The third kappa shape index (κ3) is 3.46. The molecule has 0 amide bonds. The van der Waals surface area contributed by atoms with E-state index in [-0.39, 0.29) is 5.82 Å². The normalized spacial score (nSPS) is 15.1. The molecule has 2 aromatic carbocycles. The van der Waals surface area contributed by atoms with Crippen molar-refractivity contribution in [2.45, 2.75) is 19.9 Å². The van der Waals surface area contributed by atoms with Gasteiger partial charge in [0.15, 0.2) is 5.76 Å². The highest BCUT2D eigenvalue weighted by Crippen LogP contribution is 2.28. The minimum Gasteiger partial charge on any atom is -0.356 e. The second-order valence-corrected chi connectivity index (χ2v) is 6.67. The van der Waals surface area contributed by atoms with Crippen molar-refractivity contribution < 1.29 is 8.91 Å². The van der Waals surface area contributed by atoms with E-state index in [4.69, 9.17) is 4.52 Å². The molecule has 0 unspecified atom stereocenters. The zero-order valence-electron chi connectivity index (χ0n) is 14.8. The van der Waals surface area contributed by atoms with Gasteiger partial charge in [-0.15, -0.1) is 0 Å². The van der Waals surface area contributed by atoms with Crippen molar-refractivity contribution in [2.75, 3.05) is 13.1 Å². The molecule has 0 atom stereocenters. The largest absolute Gasteiger partial charge is 0.356 e. The van der Waals surface area contributed by atoms with Crippen molar-refractivity contribution >= 4 is 5.57 Å². The molecule has 2 heterocycles. The average Bonchev–Trinajstić information content (AvgIpc) is 3.04. The monoisotopic (exact) mass is 348 g/mol. The molecule has 0 aliphatic carbocycles. The molecule has 0 saturated heterocycles. The van der Waals surface area contributed by atoms with Crippen molar-refractivity contribution in [3.63, 3.8) is 0 Å². The topological polar surface area (TPSA) is 29.3 Å². The fourth-order valence-corrected chi connectivity index (χ4v) is 3.37. The number of nitrogens with zero attached hydrogens (tertiary/aromatic N) is 2. The highest BCUT2D eigenvalue weighted by atomic mass is 19.1. The molecule has 1 aromatic heterocycles. The summed E-state index contributed by atoms with van der Waals surface area (Å²) in [4.78, 5) is 2.37. The number of aromatic nitrogens is 1. The van der Waals surface area contributed by atoms with Crippen LogP contribution >= 0.6 is 0 Å². The lowest BCUT2D eigenvalue weighted by Crippen LogP contribution is -2.28. The predicted octanol–water partition coefficient (Wildman–Crippen LogP) is 5.08. The molecule has 0 N–H and O–H groups in total. The number of hydrogen-bond donors (Lipinski definition) is 0. The standard InChI is InChI=1S/C22H21FN2O/c1-16-21(24-26-22(16)19-7-9-20(23)10-8-19)15-25-13-11-18(12-14-25)17-5-3-2-4-6-17/h2-11H,12-15H2,1H3. The van der Waals surface area contributed by atoms with E-state index in [1.54, 1.807) is 12.1 Å². The third-order valence-corrected chi connectivity index (χ3v) is 4.94. The molecule has 0 spiro atoms. The van der Waals surface area contributed by atoms with Crippen LogP contribution in [0.1, 0.15) is 23.2 Å². The summed E-state index contributed by atoms with van der Waals surface area (Å²) in [6.07, 6.45) is 3.33. The van der Waals surface area contributed by atoms with Gasteiger partial charge in [-0.1, -0.05) is 41.6 Å². The summed E-state index contributed by atoms with van der Waals surface area (Å²) in [5, 5.41) is 4.25. The summed E-state index contributed by atoms with van der Waals surface area (Å²) in [5.41, 5.74) is 5.54. The molecule has 0 saturated carbocycles. The van der Waals surface area contributed by atoms with E-state index >= 15 is 0 Å². The van der Waals surface area contributed by atoms with Crippen LogP contribution in [0.15, 0.2) is 65.2 Å². The highest BCUT2D eigenvalue weighted by Gasteiger charge is 2.18. The molecular formula is C22H21FN2O. The lowest BCUT2D eigenvalue weighted by atomic mass is 9.99. The zero-order chi connectivity index (χ0) is 17.9. The smallest absolute Gasteiger partial charge is 0.170 e. The Morgan fingerprint density at radius 2 is 1.81 bits per heavy atom. The van der Waals surface area contributed by atoms with E-state index in [9.17, 15) is 4.39 Å². The molecule has 0 bridgehead atoms. The lowest BCUT2D eigenvalue weighted by molar-refractivity contribution is 0.282. The van der Waals surface area contributed by atoms with Gasteiger partial charge >= 0.3 is 0 Å². The Bertz CT molecular complexity index is 913. The highest BCUT2D eigenvalue weighted by molar-refractivity contribution is 5.66. The Balaban J connectivity index is 1.46. The molecule has 132 valence electrons. The molecule has 3 aromatic rings. The minimum absolute atomic E-state index is 0.250. The third-order valence-electron chi connectivity index (χ3n) is 4.94. The van der Waals surface area contributed by atoms with Gasteiger partial charge in [0.1, 0.15) is 11.5 Å². The Labute approximate surface area is 152 Å². The first-order chi connectivity index (χ1) is 12.7. The van der Waals surface area contributed by atoms with Crippen LogP contribution in [0.2, 0.25) is 0 Å². The fraction of sp³-hybridized carbons (Fsp3) is 0.227. The van der Waals surface area contributed by atoms with E-state index in [0.717, 1.165) is 48.6 Å². The first-order valence-corrected chi connectivity index (χ1v) is 8.88. The Morgan fingerprint density at radius 3 is 2.50 bits per heavy atom. The second kappa shape index (κ2) is 7.26. The molecule has 1 aliphatic heterocycles. The van der Waals surface area contributed by atoms with Crippen molar-refractivity contribution in [1.82, 2.24) is 10.1 Å². The lowest BCUT2D eigenvalue weighted by Gasteiger charge is -2.25. The van der Waals surface area contributed by atoms with Gasteiger partial charge in [-0.25, -0.2) is 4.39 Å². The summed E-state index contributed by atoms with van der Waals surface area (Å²) >= 11 is 0. The van der Waals surface area contributed by atoms with Crippen LogP contribution in [-0.4, -0.2) is 23.1 Å². The number of halogens is 1. The summed E-state index contributed by atoms with van der Waals surface area (Å²) < 4.78 is 18.7. The van der Waals surface area contributed by atoms with Crippen LogP contribution in [0.5, 0.6) is 0 Å². The average molecular weight is 348 g/mol. The first-order valence-electron chi connectivity index (χ1n) is 8.88.